The molecule has 0 aromatic carbocycles. The van der Waals surface area contributed by atoms with Gasteiger partial charge in [0.2, 0.25) is 0 Å². The van der Waals surface area contributed by atoms with Gasteiger partial charge >= 0.3 is 53.5 Å². The molecule has 64 valence electrons. The molecular weight excluding hydrogens is 189 g/mol. The molecule has 8 nitrogen and oxygen atoms in total. The van der Waals surface area contributed by atoms with Crippen LogP contribution in [0.2, 0.25) is 0 Å². The summed E-state index contributed by atoms with van der Waals surface area (Å²) in [4.78, 5) is 0. The molecular formula is CH8Mg2O8. The Morgan fingerprint density at radius 1 is 0.273 bits per heavy atom. The van der Waals surface area contributed by atoms with Gasteiger partial charge in [0, 0.05) is 0 Å². The van der Waals surface area contributed by atoms with E-state index in [-0.39, 0.29) is 97.3 Å². The standard InChI is InChI=1S/C.2Mg.8H2O/h;;;8*1H2/q+4;2*+2;;;;;;;;/p-8. The Kier molecular flexibility index (Phi) is 75500. The zero-order valence-corrected chi connectivity index (χ0v) is 8.32. The van der Waals surface area contributed by atoms with Crippen LogP contribution in [-0.2, 0) is 0 Å². The van der Waals surface area contributed by atoms with Crippen LogP contribution in [0.4, 0.5) is 0 Å². The van der Waals surface area contributed by atoms with Crippen molar-refractivity contribution in [3.05, 3.63) is 7.43 Å². The summed E-state index contributed by atoms with van der Waals surface area (Å²) in [5.41, 5.74) is 0. The quantitative estimate of drug-likeness (QED) is 0.387. The minimum absolute atomic E-state index is 0. The minimum Gasteiger partial charge on any atom is -0.870 e. The Balaban J connectivity index is 0. The fourth-order valence-electron chi connectivity index (χ4n) is 0. The molecule has 0 saturated carbocycles. The van der Waals surface area contributed by atoms with E-state index in [1.165, 1.54) is 0 Å². The van der Waals surface area contributed by atoms with Crippen LogP contribution in [-0.4, -0.2) is 89.9 Å². The molecule has 0 aromatic rings. The van der Waals surface area contributed by atoms with Gasteiger partial charge in [-0.15, -0.1) is 0 Å². The molecule has 10 heteroatoms. The zero-order valence-electron chi connectivity index (χ0n) is 5.49. The first-order valence-corrected chi connectivity index (χ1v) is 0. The first kappa shape index (κ1) is 1040. The van der Waals surface area contributed by atoms with Crippen molar-refractivity contribution >= 4 is 46.1 Å². The SMILES string of the molecule is [C+4].[Mg+2].[Mg+2].[OH-].[OH-].[OH-].[OH-].[OH-].[OH-].[OH-].[OH-]. The third-order valence-corrected chi connectivity index (χ3v) is 0. The molecule has 0 amide bonds. The van der Waals surface area contributed by atoms with Crippen LogP contribution in [0.1, 0.15) is 0 Å². The Hall–Kier alpha value is 1.21. The van der Waals surface area contributed by atoms with Crippen molar-refractivity contribution in [1.82, 2.24) is 0 Å². The molecule has 0 fully saturated rings. The van der Waals surface area contributed by atoms with Gasteiger partial charge in [0.1, 0.15) is 0 Å². The maximum absolute atomic E-state index is 0. The molecule has 0 saturated heterocycles. The van der Waals surface area contributed by atoms with Crippen molar-refractivity contribution in [2.24, 2.45) is 0 Å². The van der Waals surface area contributed by atoms with E-state index in [1.807, 2.05) is 0 Å². The molecule has 0 rings (SSSR count). The molecule has 0 radical (unpaired) electrons. The van der Waals surface area contributed by atoms with Crippen LogP contribution in [0.3, 0.4) is 0 Å². The normalized spacial score (nSPS) is 0. The van der Waals surface area contributed by atoms with Crippen molar-refractivity contribution < 1.29 is 43.8 Å². The first-order chi connectivity index (χ1) is 0. The van der Waals surface area contributed by atoms with Crippen LogP contribution in [0.25, 0.3) is 0 Å². The molecule has 0 heterocycles. The molecule has 0 aliphatic rings. The zero-order chi connectivity index (χ0) is 0. The van der Waals surface area contributed by atoms with Gasteiger partial charge in [-0.1, -0.05) is 0 Å². The summed E-state index contributed by atoms with van der Waals surface area (Å²) in [6.45, 7) is 0. The molecule has 0 aliphatic carbocycles. The Morgan fingerprint density at radius 2 is 0.273 bits per heavy atom. The van der Waals surface area contributed by atoms with Crippen molar-refractivity contribution in [2.45, 2.75) is 0 Å². The van der Waals surface area contributed by atoms with Crippen LogP contribution in [0, 0.1) is 7.43 Å². The average Bonchev–Trinajstić information content (AvgIpc) is 0. The molecule has 0 spiro atoms. The smallest absolute Gasteiger partial charge is 0.870 e. The van der Waals surface area contributed by atoms with Crippen LogP contribution in [0.5, 0.6) is 0 Å². The monoisotopic (exact) mass is 196 g/mol. The van der Waals surface area contributed by atoms with Gasteiger partial charge in [0.25, 0.3) is 0 Å². The second-order valence-electron chi connectivity index (χ2n) is 0. The molecule has 11 heavy (non-hydrogen) atoms. The largest absolute Gasteiger partial charge is 4.00 e. The molecule has 0 unspecified atom stereocenters. The second kappa shape index (κ2) is 795. The fraction of sp³-hybridized carbons (Fsp3) is 0. The number of hydrogen-bond acceptors (Lipinski definition) is 8. The molecule has 0 aromatic heterocycles. The maximum atomic E-state index is 0. The van der Waals surface area contributed by atoms with E-state index in [1.54, 1.807) is 0 Å². The van der Waals surface area contributed by atoms with Gasteiger partial charge in [-0.2, -0.15) is 0 Å². The predicted molar refractivity (Wildman–Crippen MR) is 30.2 cm³/mol. The van der Waals surface area contributed by atoms with Crippen molar-refractivity contribution in [3.63, 3.8) is 0 Å². The van der Waals surface area contributed by atoms with Crippen molar-refractivity contribution in [2.75, 3.05) is 0 Å². The van der Waals surface area contributed by atoms with E-state index in [0.717, 1.165) is 0 Å². The molecule has 0 atom stereocenters. The maximum Gasteiger partial charge on any atom is 4.00 e. The van der Waals surface area contributed by atoms with Crippen molar-refractivity contribution in [3.8, 4) is 0 Å². The van der Waals surface area contributed by atoms with E-state index in [9.17, 15) is 0 Å². The molecule has 0 aliphatic heterocycles. The first-order valence-electron chi connectivity index (χ1n) is 0. The summed E-state index contributed by atoms with van der Waals surface area (Å²) in [5.74, 6) is 0. The summed E-state index contributed by atoms with van der Waals surface area (Å²) in [6.07, 6.45) is 0. The summed E-state index contributed by atoms with van der Waals surface area (Å²) in [7, 11) is 0. The van der Waals surface area contributed by atoms with Crippen LogP contribution >= 0.6 is 0 Å². The molecule has 0 bridgehead atoms. The van der Waals surface area contributed by atoms with E-state index in [0.29, 0.717) is 0 Å². The topological polar surface area (TPSA) is 240 Å². The van der Waals surface area contributed by atoms with Gasteiger partial charge in [0.15, 0.2) is 0 Å². The predicted octanol–water partition coefficient (Wildman–Crippen LogP) is -2.09. The second-order valence-corrected chi connectivity index (χ2v) is 0. The van der Waals surface area contributed by atoms with Crippen molar-refractivity contribution in [1.29, 1.82) is 0 Å². The summed E-state index contributed by atoms with van der Waals surface area (Å²) >= 11 is 0. The number of rotatable bonds is 0. The van der Waals surface area contributed by atoms with E-state index < -0.39 is 0 Å². The Labute approximate surface area is 97.1 Å². The van der Waals surface area contributed by atoms with Crippen LogP contribution in [0.15, 0.2) is 0 Å². The minimum atomic E-state index is 0. The fourth-order valence-corrected chi connectivity index (χ4v) is 0. The van der Waals surface area contributed by atoms with E-state index in [4.69, 9.17) is 0 Å². The Morgan fingerprint density at radius 3 is 0.273 bits per heavy atom. The average molecular weight is 197 g/mol. The molecule has 8 N–H and O–H groups in total. The van der Waals surface area contributed by atoms with Gasteiger partial charge in [-0.05, 0) is 0 Å². The van der Waals surface area contributed by atoms with E-state index in [2.05, 4.69) is 0 Å². The van der Waals surface area contributed by atoms with E-state index >= 15 is 0 Å². The van der Waals surface area contributed by atoms with Gasteiger partial charge in [-0.25, -0.2) is 0 Å². The number of hydrogen-bond donors (Lipinski definition) is 0. The third-order valence-electron chi connectivity index (χ3n) is 0. The van der Waals surface area contributed by atoms with Crippen LogP contribution < -0.4 is 0 Å². The summed E-state index contributed by atoms with van der Waals surface area (Å²) < 4.78 is 0. The Bertz CT molecular complexity index is 12.1. The van der Waals surface area contributed by atoms with Gasteiger partial charge in [-0.3, -0.25) is 0 Å². The third kappa shape index (κ3) is 647. The summed E-state index contributed by atoms with van der Waals surface area (Å²) in [6, 6.07) is 0. The summed E-state index contributed by atoms with van der Waals surface area (Å²) in [5, 5.41) is 0. The van der Waals surface area contributed by atoms with Gasteiger partial charge in [0.05, 0.1) is 0 Å². The van der Waals surface area contributed by atoms with Gasteiger partial charge < -0.3 is 43.8 Å².